The van der Waals surface area contributed by atoms with Crippen LogP contribution in [0, 0.1) is 12.8 Å². The van der Waals surface area contributed by atoms with E-state index in [0.29, 0.717) is 30.8 Å². The Morgan fingerprint density at radius 1 is 1.40 bits per heavy atom. The number of hydrogen-bond donors (Lipinski definition) is 2. The van der Waals surface area contributed by atoms with E-state index >= 15 is 0 Å². The Morgan fingerprint density at radius 3 is 2.55 bits per heavy atom. The molecular weight excluding hydrogens is 276 g/mol. The zero-order chi connectivity index (χ0) is 14.9. The molecule has 3 N–H and O–H groups in total. The summed E-state index contributed by atoms with van der Waals surface area (Å²) in [5, 5.41) is 9.27. The molecule has 1 aliphatic carbocycles. The number of nitrogens with zero attached hydrogens (tertiary/aromatic N) is 1. The maximum Gasteiger partial charge on any atom is 0.242 e. The number of aliphatic hydroxyl groups excluding tert-OH is 1. The van der Waals surface area contributed by atoms with E-state index in [0.717, 1.165) is 11.1 Å². The van der Waals surface area contributed by atoms with Crippen molar-refractivity contribution in [1.29, 1.82) is 0 Å². The molecule has 1 saturated carbocycles. The summed E-state index contributed by atoms with van der Waals surface area (Å²) < 4.78 is 26.3. The molecule has 0 aromatic heterocycles. The van der Waals surface area contributed by atoms with Crippen molar-refractivity contribution >= 4 is 10.0 Å². The highest BCUT2D eigenvalue weighted by atomic mass is 32.2. The Bertz CT molecular complexity index is 580. The van der Waals surface area contributed by atoms with Gasteiger partial charge in [0.05, 0.1) is 11.0 Å². The second-order valence-corrected chi connectivity index (χ2v) is 7.61. The van der Waals surface area contributed by atoms with Crippen molar-refractivity contribution in [3.63, 3.8) is 0 Å². The first kappa shape index (κ1) is 15.4. The maximum absolute atomic E-state index is 12.5. The van der Waals surface area contributed by atoms with Gasteiger partial charge in [-0.15, -0.1) is 0 Å². The fourth-order valence-corrected chi connectivity index (χ4v) is 3.88. The zero-order valence-corrected chi connectivity index (χ0v) is 12.7. The van der Waals surface area contributed by atoms with Crippen LogP contribution in [-0.4, -0.2) is 37.5 Å². The molecular formula is C14H22N2O3S. The van der Waals surface area contributed by atoms with Crippen LogP contribution < -0.4 is 5.73 Å². The molecule has 6 heteroatoms. The molecule has 1 aromatic rings. The topological polar surface area (TPSA) is 83.6 Å². The Morgan fingerprint density at radius 2 is 2.05 bits per heavy atom. The van der Waals surface area contributed by atoms with Crippen LogP contribution in [0.4, 0.5) is 0 Å². The summed E-state index contributed by atoms with van der Waals surface area (Å²) >= 11 is 0. The van der Waals surface area contributed by atoms with Crippen molar-refractivity contribution in [1.82, 2.24) is 4.31 Å². The van der Waals surface area contributed by atoms with E-state index < -0.39 is 10.0 Å². The van der Waals surface area contributed by atoms with Crippen LogP contribution in [0.25, 0.3) is 0 Å². The number of rotatable bonds is 5. The number of aryl methyl sites for hydroxylation is 1. The average molecular weight is 298 g/mol. The van der Waals surface area contributed by atoms with Gasteiger partial charge in [-0.3, -0.25) is 0 Å². The van der Waals surface area contributed by atoms with Crippen molar-refractivity contribution in [2.75, 3.05) is 13.6 Å². The molecule has 0 radical (unpaired) electrons. The van der Waals surface area contributed by atoms with Gasteiger partial charge in [0, 0.05) is 20.1 Å². The summed E-state index contributed by atoms with van der Waals surface area (Å²) in [6, 6.07) is 5.05. The van der Waals surface area contributed by atoms with Gasteiger partial charge < -0.3 is 10.8 Å². The zero-order valence-electron chi connectivity index (χ0n) is 11.9. The lowest BCUT2D eigenvalue weighted by Crippen LogP contribution is -2.39. The van der Waals surface area contributed by atoms with Crippen LogP contribution in [0.5, 0.6) is 0 Å². The van der Waals surface area contributed by atoms with Crippen LogP contribution in [0.2, 0.25) is 0 Å². The van der Waals surface area contributed by atoms with Gasteiger partial charge in [0.15, 0.2) is 0 Å². The Labute approximate surface area is 120 Å². The largest absolute Gasteiger partial charge is 0.393 e. The first-order valence-corrected chi connectivity index (χ1v) is 8.22. The lowest BCUT2D eigenvalue weighted by molar-refractivity contribution is 0.0367. The van der Waals surface area contributed by atoms with Crippen molar-refractivity contribution < 1.29 is 13.5 Å². The average Bonchev–Trinajstić information content (AvgIpc) is 2.36. The summed E-state index contributed by atoms with van der Waals surface area (Å²) in [4.78, 5) is 0.301. The molecule has 0 atom stereocenters. The second kappa shape index (κ2) is 5.81. The molecule has 0 heterocycles. The second-order valence-electron chi connectivity index (χ2n) is 5.57. The van der Waals surface area contributed by atoms with Gasteiger partial charge in [-0.25, -0.2) is 12.7 Å². The molecule has 5 nitrogen and oxygen atoms in total. The van der Waals surface area contributed by atoms with Crippen LogP contribution in [0.15, 0.2) is 23.1 Å². The molecule has 1 aromatic carbocycles. The van der Waals surface area contributed by atoms with Crippen molar-refractivity contribution in [3.8, 4) is 0 Å². The van der Waals surface area contributed by atoms with E-state index in [1.54, 1.807) is 25.2 Å². The molecule has 0 bridgehead atoms. The molecule has 0 spiro atoms. The third-order valence-electron chi connectivity index (χ3n) is 3.97. The number of benzene rings is 1. The first-order valence-electron chi connectivity index (χ1n) is 6.78. The molecule has 1 aliphatic rings. The van der Waals surface area contributed by atoms with Gasteiger partial charge in [-0.1, -0.05) is 6.07 Å². The van der Waals surface area contributed by atoms with Gasteiger partial charge >= 0.3 is 0 Å². The molecule has 2 rings (SSSR count). The lowest BCUT2D eigenvalue weighted by atomic mass is 9.82. The van der Waals surface area contributed by atoms with Gasteiger partial charge in [-0.2, -0.15) is 0 Å². The summed E-state index contributed by atoms with van der Waals surface area (Å²) in [5.74, 6) is 0.259. The fourth-order valence-electron chi connectivity index (χ4n) is 2.55. The highest BCUT2D eigenvalue weighted by molar-refractivity contribution is 7.89. The van der Waals surface area contributed by atoms with E-state index in [1.807, 2.05) is 6.92 Å². The third kappa shape index (κ3) is 3.03. The Hall–Kier alpha value is -0.950. The minimum Gasteiger partial charge on any atom is -0.393 e. The standard InChI is InChI=1S/C14H22N2O3S/c1-10-5-14(4-3-12(10)8-15)20(18,19)16(2)9-11-6-13(17)7-11/h3-5,11,13,17H,6-9,15H2,1-2H3. The Kier molecular flexibility index (Phi) is 4.49. The number of hydrogen-bond acceptors (Lipinski definition) is 4. The summed E-state index contributed by atoms with van der Waals surface area (Å²) in [5.41, 5.74) is 7.43. The van der Waals surface area contributed by atoms with Gasteiger partial charge in [0.2, 0.25) is 10.0 Å². The van der Waals surface area contributed by atoms with E-state index in [4.69, 9.17) is 5.73 Å². The fraction of sp³-hybridized carbons (Fsp3) is 0.571. The normalized spacial score (nSPS) is 22.9. The molecule has 0 aliphatic heterocycles. The molecule has 112 valence electrons. The summed E-state index contributed by atoms with van der Waals surface area (Å²) in [6.07, 6.45) is 1.11. The molecule has 0 amide bonds. The van der Waals surface area contributed by atoms with E-state index in [2.05, 4.69) is 0 Å². The van der Waals surface area contributed by atoms with Crippen molar-refractivity contribution in [2.45, 2.75) is 37.3 Å². The quantitative estimate of drug-likeness (QED) is 0.844. The summed E-state index contributed by atoms with van der Waals surface area (Å²) in [7, 11) is -1.87. The summed E-state index contributed by atoms with van der Waals surface area (Å²) in [6.45, 7) is 2.72. The molecule has 0 saturated heterocycles. The predicted octanol–water partition coefficient (Wildman–Crippen LogP) is 0.845. The molecule has 20 heavy (non-hydrogen) atoms. The maximum atomic E-state index is 12.5. The smallest absolute Gasteiger partial charge is 0.242 e. The van der Waals surface area contributed by atoms with Crippen LogP contribution in [0.3, 0.4) is 0 Å². The molecule has 1 fully saturated rings. The van der Waals surface area contributed by atoms with Crippen molar-refractivity contribution in [2.24, 2.45) is 11.7 Å². The van der Waals surface area contributed by atoms with Crippen molar-refractivity contribution in [3.05, 3.63) is 29.3 Å². The van der Waals surface area contributed by atoms with Crippen LogP contribution >= 0.6 is 0 Å². The highest BCUT2D eigenvalue weighted by Gasteiger charge is 2.31. The van der Waals surface area contributed by atoms with Crippen LogP contribution in [-0.2, 0) is 16.6 Å². The van der Waals surface area contributed by atoms with Crippen LogP contribution in [0.1, 0.15) is 24.0 Å². The number of aliphatic hydroxyl groups is 1. The third-order valence-corrected chi connectivity index (χ3v) is 5.79. The minimum atomic E-state index is -3.46. The Balaban J connectivity index is 2.14. The van der Waals surface area contributed by atoms with E-state index in [-0.39, 0.29) is 12.0 Å². The number of nitrogens with two attached hydrogens (primary N) is 1. The first-order chi connectivity index (χ1) is 9.34. The SMILES string of the molecule is Cc1cc(S(=O)(=O)N(C)CC2CC(O)C2)ccc1CN. The number of sulfonamides is 1. The molecule has 0 unspecified atom stereocenters. The monoisotopic (exact) mass is 298 g/mol. The van der Waals surface area contributed by atoms with E-state index in [9.17, 15) is 13.5 Å². The van der Waals surface area contributed by atoms with Gasteiger partial charge in [0.25, 0.3) is 0 Å². The lowest BCUT2D eigenvalue weighted by Gasteiger charge is -2.34. The van der Waals surface area contributed by atoms with Gasteiger partial charge in [-0.05, 0) is 48.9 Å². The minimum absolute atomic E-state index is 0.259. The predicted molar refractivity (Wildman–Crippen MR) is 77.6 cm³/mol. The van der Waals surface area contributed by atoms with Gasteiger partial charge in [0.1, 0.15) is 0 Å². The highest BCUT2D eigenvalue weighted by Crippen LogP contribution is 2.29. The van der Waals surface area contributed by atoms with E-state index in [1.165, 1.54) is 4.31 Å².